The number of halogens is 2. The first kappa shape index (κ1) is 19.1. The summed E-state index contributed by atoms with van der Waals surface area (Å²) in [6, 6.07) is 12.6. The molecule has 1 amide bonds. The summed E-state index contributed by atoms with van der Waals surface area (Å²) in [5, 5.41) is 0.581. The van der Waals surface area contributed by atoms with Gasteiger partial charge in [0, 0.05) is 8.59 Å². The van der Waals surface area contributed by atoms with Gasteiger partial charge in [-0.25, -0.2) is 0 Å². The van der Waals surface area contributed by atoms with Crippen molar-refractivity contribution in [1.82, 2.24) is 4.57 Å². The van der Waals surface area contributed by atoms with Crippen LogP contribution in [0.5, 0.6) is 0 Å². The Morgan fingerprint density at radius 3 is 2.77 bits per heavy atom. The molecule has 0 saturated heterocycles. The molecule has 1 aromatic heterocycles. The van der Waals surface area contributed by atoms with E-state index in [0.29, 0.717) is 22.0 Å². The van der Waals surface area contributed by atoms with Gasteiger partial charge in [0.2, 0.25) is 0 Å². The van der Waals surface area contributed by atoms with E-state index >= 15 is 0 Å². The Hall–Kier alpha value is -1.71. The van der Waals surface area contributed by atoms with Crippen LogP contribution in [0, 0.1) is 3.57 Å². The third-order valence-corrected chi connectivity index (χ3v) is 5.76. The molecule has 0 aliphatic rings. The lowest BCUT2D eigenvalue weighted by molar-refractivity contribution is -0.143. The fourth-order valence-corrected chi connectivity index (χ4v) is 4.32. The molecule has 0 N–H and O–H groups in total. The molecule has 0 saturated carbocycles. The first-order valence-corrected chi connectivity index (χ1v) is 10.0. The maximum Gasteiger partial charge on any atom is 0.326 e. The van der Waals surface area contributed by atoms with E-state index in [1.165, 1.54) is 11.3 Å². The summed E-state index contributed by atoms with van der Waals surface area (Å²) in [6.45, 7) is 2.02. The lowest BCUT2D eigenvalue weighted by atomic mass is 10.2. The van der Waals surface area contributed by atoms with Crippen LogP contribution >= 0.6 is 45.5 Å². The molecule has 0 unspecified atom stereocenters. The van der Waals surface area contributed by atoms with Gasteiger partial charge in [-0.05, 0) is 59.8 Å². The first-order valence-electron chi connectivity index (χ1n) is 7.77. The van der Waals surface area contributed by atoms with E-state index in [1.807, 2.05) is 18.2 Å². The number of esters is 1. The third kappa shape index (κ3) is 4.16. The average molecular weight is 501 g/mol. The molecular weight excluding hydrogens is 487 g/mol. The number of rotatable bonds is 4. The van der Waals surface area contributed by atoms with Crippen molar-refractivity contribution >= 4 is 67.6 Å². The smallest absolute Gasteiger partial charge is 0.326 e. The third-order valence-electron chi connectivity index (χ3n) is 3.54. The maximum absolute atomic E-state index is 12.6. The average Bonchev–Trinajstić information content (AvgIpc) is 2.91. The van der Waals surface area contributed by atoms with Gasteiger partial charge in [-0.1, -0.05) is 35.1 Å². The highest BCUT2D eigenvalue weighted by Crippen LogP contribution is 2.22. The number of fused-ring (bicyclic) bond motifs is 1. The van der Waals surface area contributed by atoms with E-state index in [4.69, 9.17) is 16.3 Å². The lowest BCUT2D eigenvalue weighted by Gasteiger charge is -2.05. The quantitative estimate of drug-likeness (QED) is 0.397. The van der Waals surface area contributed by atoms with Gasteiger partial charge < -0.3 is 9.30 Å². The second kappa shape index (κ2) is 8.32. The van der Waals surface area contributed by atoms with Crippen molar-refractivity contribution in [2.24, 2.45) is 4.99 Å². The number of benzene rings is 2. The number of thiazole rings is 1. The number of hydrogen-bond donors (Lipinski definition) is 0. The van der Waals surface area contributed by atoms with Gasteiger partial charge in [-0.2, -0.15) is 4.99 Å². The molecule has 0 spiro atoms. The van der Waals surface area contributed by atoms with E-state index in [-0.39, 0.29) is 18.4 Å². The largest absolute Gasteiger partial charge is 0.465 e. The number of amides is 1. The Balaban J connectivity index is 2.13. The molecule has 0 atom stereocenters. The molecule has 0 aliphatic carbocycles. The van der Waals surface area contributed by atoms with Crippen LogP contribution < -0.4 is 4.80 Å². The molecular formula is C18H14ClIN2O3S. The van der Waals surface area contributed by atoms with E-state index < -0.39 is 0 Å². The Kier molecular flexibility index (Phi) is 6.10. The minimum atomic E-state index is -0.384. The summed E-state index contributed by atoms with van der Waals surface area (Å²) >= 11 is 9.47. The van der Waals surface area contributed by atoms with E-state index in [2.05, 4.69) is 27.6 Å². The number of carbonyl (C=O) groups is 2. The summed E-state index contributed by atoms with van der Waals surface area (Å²) in [6.07, 6.45) is 0. The summed E-state index contributed by atoms with van der Waals surface area (Å²) in [5.41, 5.74) is 1.30. The standard InChI is InChI=1S/C18H14ClIN2O3S/c1-2-25-16(23)10-22-14-8-7-11(19)9-15(14)26-18(22)21-17(24)12-5-3-4-6-13(12)20/h3-9H,2,10H2,1H3. The predicted molar refractivity (Wildman–Crippen MR) is 111 cm³/mol. The highest BCUT2D eigenvalue weighted by atomic mass is 127. The van der Waals surface area contributed by atoms with Gasteiger partial charge in [-0.3, -0.25) is 9.59 Å². The minimum Gasteiger partial charge on any atom is -0.465 e. The van der Waals surface area contributed by atoms with Crippen LogP contribution in [0.4, 0.5) is 0 Å². The molecule has 134 valence electrons. The van der Waals surface area contributed by atoms with Crippen LogP contribution in [0.2, 0.25) is 5.02 Å². The normalized spacial score (nSPS) is 11.7. The van der Waals surface area contributed by atoms with Gasteiger partial charge in [0.25, 0.3) is 5.91 Å². The minimum absolute atomic E-state index is 0.0204. The van der Waals surface area contributed by atoms with Crippen molar-refractivity contribution in [3.63, 3.8) is 0 Å². The fourth-order valence-electron chi connectivity index (χ4n) is 2.40. The Morgan fingerprint density at radius 1 is 1.27 bits per heavy atom. The summed E-state index contributed by atoms with van der Waals surface area (Å²) in [7, 11) is 0. The van der Waals surface area contributed by atoms with Crippen molar-refractivity contribution in [3.05, 3.63) is 61.4 Å². The lowest BCUT2D eigenvalue weighted by Crippen LogP contribution is -2.23. The van der Waals surface area contributed by atoms with E-state index in [1.54, 1.807) is 35.8 Å². The van der Waals surface area contributed by atoms with Crippen LogP contribution in [0.15, 0.2) is 47.5 Å². The molecule has 3 rings (SSSR count). The maximum atomic E-state index is 12.6. The van der Waals surface area contributed by atoms with Crippen molar-refractivity contribution in [3.8, 4) is 0 Å². The van der Waals surface area contributed by atoms with Crippen molar-refractivity contribution in [2.75, 3.05) is 6.61 Å². The number of nitrogens with zero attached hydrogens (tertiary/aromatic N) is 2. The second-order valence-corrected chi connectivity index (χ2v) is 7.89. The van der Waals surface area contributed by atoms with Gasteiger partial charge >= 0.3 is 5.97 Å². The Bertz CT molecular complexity index is 1060. The number of carbonyl (C=O) groups excluding carboxylic acids is 2. The van der Waals surface area contributed by atoms with Crippen molar-refractivity contribution in [2.45, 2.75) is 13.5 Å². The summed E-state index contributed by atoms with van der Waals surface area (Å²) in [4.78, 5) is 29.3. The SMILES string of the molecule is CCOC(=O)Cn1c(=NC(=O)c2ccccc2I)sc2cc(Cl)ccc21. The molecule has 8 heteroatoms. The van der Waals surface area contributed by atoms with Crippen LogP contribution in [-0.4, -0.2) is 23.1 Å². The number of ether oxygens (including phenoxy) is 1. The van der Waals surface area contributed by atoms with Crippen LogP contribution in [-0.2, 0) is 16.1 Å². The molecule has 0 bridgehead atoms. The number of aromatic nitrogens is 1. The molecule has 5 nitrogen and oxygen atoms in total. The van der Waals surface area contributed by atoms with Crippen LogP contribution in [0.25, 0.3) is 10.2 Å². The summed E-state index contributed by atoms with van der Waals surface area (Å²) < 4.78 is 8.39. The van der Waals surface area contributed by atoms with E-state index in [9.17, 15) is 9.59 Å². The highest BCUT2D eigenvalue weighted by molar-refractivity contribution is 14.1. The highest BCUT2D eigenvalue weighted by Gasteiger charge is 2.14. The molecule has 2 aromatic carbocycles. The Morgan fingerprint density at radius 2 is 2.04 bits per heavy atom. The first-order chi connectivity index (χ1) is 12.5. The van der Waals surface area contributed by atoms with Gasteiger partial charge in [0.15, 0.2) is 4.80 Å². The fraction of sp³-hybridized carbons (Fsp3) is 0.167. The van der Waals surface area contributed by atoms with E-state index in [0.717, 1.165) is 13.8 Å². The Labute approximate surface area is 172 Å². The van der Waals surface area contributed by atoms with Crippen molar-refractivity contribution < 1.29 is 14.3 Å². The van der Waals surface area contributed by atoms with Gasteiger partial charge in [0.05, 0.1) is 22.4 Å². The molecule has 0 aliphatic heterocycles. The molecule has 1 heterocycles. The van der Waals surface area contributed by atoms with Gasteiger partial charge in [-0.15, -0.1) is 0 Å². The number of hydrogen-bond acceptors (Lipinski definition) is 4. The monoisotopic (exact) mass is 500 g/mol. The van der Waals surface area contributed by atoms with Gasteiger partial charge in [0.1, 0.15) is 6.54 Å². The summed E-state index contributed by atoms with van der Waals surface area (Å²) in [5.74, 6) is -0.740. The zero-order chi connectivity index (χ0) is 18.7. The van der Waals surface area contributed by atoms with Crippen LogP contribution in [0.3, 0.4) is 0 Å². The van der Waals surface area contributed by atoms with Crippen molar-refractivity contribution in [1.29, 1.82) is 0 Å². The molecule has 0 radical (unpaired) electrons. The van der Waals surface area contributed by atoms with Crippen LogP contribution in [0.1, 0.15) is 17.3 Å². The molecule has 0 fully saturated rings. The molecule has 26 heavy (non-hydrogen) atoms. The second-order valence-electron chi connectivity index (χ2n) is 5.28. The zero-order valence-corrected chi connectivity index (χ0v) is 17.5. The molecule has 3 aromatic rings. The predicted octanol–water partition coefficient (Wildman–Crippen LogP) is 4.27. The topological polar surface area (TPSA) is 60.7 Å². The zero-order valence-electron chi connectivity index (χ0n) is 13.7.